The molecule has 1 fully saturated rings. The van der Waals surface area contributed by atoms with Crippen molar-refractivity contribution in [2.45, 2.75) is 45.7 Å². The molecule has 0 radical (unpaired) electrons. The first-order valence-corrected chi connectivity index (χ1v) is 10.0. The van der Waals surface area contributed by atoms with Gasteiger partial charge >= 0.3 is 0 Å². The second kappa shape index (κ2) is 9.04. The van der Waals surface area contributed by atoms with E-state index in [4.69, 9.17) is 27.7 Å². The highest BCUT2D eigenvalue weighted by Gasteiger charge is 2.26. The summed E-state index contributed by atoms with van der Waals surface area (Å²) in [5.41, 5.74) is 0.691. The van der Waals surface area contributed by atoms with Crippen LogP contribution in [0.3, 0.4) is 0 Å². The van der Waals surface area contributed by atoms with Gasteiger partial charge in [-0.3, -0.25) is 9.69 Å². The SMILES string of the molecule is CCC(C)NC(=O)C1CCN(Cc2nc(-c3ccc(Cl)cc3Cl)no2)CC1. The summed E-state index contributed by atoms with van der Waals surface area (Å²) in [6.07, 6.45) is 2.63. The molecule has 146 valence electrons. The summed E-state index contributed by atoms with van der Waals surface area (Å²) in [6, 6.07) is 5.41. The molecule has 8 heteroatoms. The number of nitrogens with one attached hydrogen (secondary N) is 1. The summed E-state index contributed by atoms with van der Waals surface area (Å²) in [7, 11) is 0. The maximum absolute atomic E-state index is 12.3. The number of benzene rings is 1. The maximum atomic E-state index is 12.3. The molecule has 1 saturated heterocycles. The van der Waals surface area contributed by atoms with Crippen LogP contribution in [0.4, 0.5) is 0 Å². The summed E-state index contributed by atoms with van der Waals surface area (Å²) in [5, 5.41) is 8.15. The Morgan fingerprint density at radius 1 is 1.37 bits per heavy atom. The molecule has 1 amide bonds. The number of piperidine rings is 1. The average Bonchev–Trinajstić information content (AvgIpc) is 3.10. The van der Waals surface area contributed by atoms with Gasteiger partial charge in [0.2, 0.25) is 17.6 Å². The first kappa shape index (κ1) is 20.1. The minimum absolute atomic E-state index is 0.0846. The van der Waals surface area contributed by atoms with Crippen molar-refractivity contribution in [2.24, 2.45) is 5.92 Å². The van der Waals surface area contributed by atoms with Crippen LogP contribution >= 0.6 is 23.2 Å². The summed E-state index contributed by atoms with van der Waals surface area (Å²) in [6.45, 7) is 6.34. The summed E-state index contributed by atoms with van der Waals surface area (Å²) in [5.74, 6) is 1.25. The Balaban J connectivity index is 1.54. The van der Waals surface area contributed by atoms with Crippen LogP contribution < -0.4 is 5.32 Å². The second-order valence-corrected chi connectivity index (χ2v) is 7.85. The molecule has 1 aliphatic heterocycles. The van der Waals surface area contributed by atoms with Gasteiger partial charge in [-0.2, -0.15) is 4.98 Å². The minimum atomic E-state index is 0.0846. The zero-order chi connectivity index (χ0) is 19.4. The largest absolute Gasteiger partial charge is 0.353 e. The van der Waals surface area contributed by atoms with Gasteiger partial charge in [0.15, 0.2) is 0 Å². The van der Waals surface area contributed by atoms with Crippen molar-refractivity contribution < 1.29 is 9.32 Å². The Morgan fingerprint density at radius 3 is 2.78 bits per heavy atom. The van der Waals surface area contributed by atoms with Gasteiger partial charge in [-0.1, -0.05) is 35.3 Å². The van der Waals surface area contributed by atoms with Crippen molar-refractivity contribution in [3.63, 3.8) is 0 Å². The van der Waals surface area contributed by atoms with Crippen molar-refractivity contribution in [3.05, 3.63) is 34.1 Å². The highest BCUT2D eigenvalue weighted by molar-refractivity contribution is 6.36. The van der Waals surface area contributed by atoms with Gasteiger partial charge in [0, 0.05) is 22.5 Å². The van der Waals surface area contributed by atoms with Crippen molar-refractivity contribution in [1.29, 1.82) is 0 Å². The topological polar surface area (TPSA) is 71.3 Å². The Hall–Kier alpha value is -1.63. The number of hydrogen-bond donors (Lipinski definition) is 1. The highest BCUT2D eigenvalue weighted by atomic mass is 35.5. The third-order valence-corrected chi connectivity index (χ3v) is 5.51. The van der Waals surface area contributed by atoms with Crippen LogP contribution in [0.25, 0.3) is 11.4 Å². The van der Waals surface area contributed by atoms with Crippen molar-refractivity contribution in [3.8, 4) is 11.4 Å². The number of likely N-dealkylation sites (tertiary alicyclic amines) is 1. The van der Waals surface area contributed by atoms with Crippen LogP contribution in [-0.4, -0.2) is 40.1 Å². The fourth-order valence-electron chi connectivity index (χ4n) is 3.11. The molecule has 1 N–H and O–H groups in total. The van der Waals surface area contributed by atoms with Crippen LogP contribution in [0.2, 0.25) is 10.0 Å². The Morgan fingerprint density at radius 2 is 2.11 bits per heavy atom. The zero-order valence-electron chi connectivity index (χ0n) is 15.5. The number of amides is 1. The van der Waals surface area contributed by atoms with E-state index in [1.807, 2.05) is 6.92 Å². The molecule has 1 aromatic carbocycles. The molecule has 2 heterocycles. The lowest BCUT2D eigenvalue weighted by Gasteiger charge is -2.30. The van der Waals surface area contributed by atoms with E-state index in [1.165, 1.54) is 0 Å². The molecular formula is C19H24Cl2N4O2. The number of nitrogens with zero attached hydrogens (tertiary/aromatic N) is 3. The van der Waals surface area contributed by atoms with Gasteiger partial charge in [0.1, 0.15) is 0 Å². The van der Waals surface area contributed by atoms with E-state index in [0.29, 0.717) is 33.9 Å². The molecule has 3 rings (SSSR count). The highest BCUT2D eigenvalue weighted by Crippen LogP contribution is 2.28. The van der Waals surface area contributed by atoms with E-state index in [-0.39, 0.29) is 17.9 Å². The smallest absolute Gasteiger partial charge is 0.241 e. The predicted octanol–water partition coefficient (Wildman–Crippen LogP) is 4.17. The van der Waals surface area contributed by atoms with E-state index in [0.717, 1.165) is 32.4 Å². The number of aromatic nitrogens is 2. The summed E-state index contributed by atoms with van der Waals surface area (Å²) >= 11 is 12.1. The quantitative estimate of drug-likeness (QED) is 0.773. The lowest BCUT2D eigenvalue weighted by Crippen LogP contribution is -2.42. The van der Waals surface area contributed by atoms with E-state index in [2.05, 4.69) is 27.3 Å². The zero-order valence-corrected chi connectivity index (χ0v) is 17.1. The minimum Gasteiger partial charge on any atom is -0.353 e. The molecule has 1 unspecified atom stereocenters. The van der Waals surface area contributed by atoms with E-state index >= 15 is 0 Å². The van der Waals surface area contributed by atoms with Gasteiger partial charge in [0.05, 0.1) is 11.6 Å². The standard InChI is InChI=1S/C19H24Cl2N4O2/c1-3-12(2)22-19(26)13-6-8-25(9-7-13)11-17-23-18(24-27-17)15-5-4-14(20)10-16(15)21/h4-5,10,12-13H,3,6-9,11H2,1-2H3,(H,22,26). The number of rotatable bonds is 6. The molecule has 2 aromatic rings. The lowest BCUT2D eigenvalue weighted by atomic mass is 9.95. The molecule has 1 atom stereocenters. The van der Waals surface area contributed by atoms with Crippen LogP contribution in [0.1, 0.15) is 39.0 Å². The summed E-state index contributed by atoms with van der Waals surface area (Å²) in [4.78, 5) is 18.9. The first-order chi connectivity index (χ1) is 13.0. The van der Waals surface area contributed by atoms with Crippen molar-refractivity contribution >= 4 is 29.1 Å². The van der Waals surface area contributed by atoms with Crippen molar-refractivity contribution in [2.75, 3.05) is 13.1 Å². The first-order valence-electron chi connectivity index (χ1n) is 9.27. The molecule has 0 bridgehead atoms. The van der Waals surface area contributed by atoms with E-state index < -0.39 is 0 Å². The monoisotopic (exact) mass is 410 g/mol. The third kappa shape index (κ3) is 5.21. The average molecular weight is 411 g/mol. The Bertz CT molecular complexity index is 788. The number of hydrogen-bond acceptors (Lipinski definition) is 5. The van der Waals surface area contributed by atoms with Gasteiger partial charge in [0.25, 0.3) is 0 Å². The molecule has 1 aliphatic rings. The normalized spacial score (nSPS) is 17.0. The van der Waals surface area contributed by atoms with Gasteiger partial charge < -0.3 is 9.84 Å². The molecular weight excluding hydrogens is 387 g/mol. The fraction of sp³-hybridized carbons (Fsp3) is 0.526. The van der Waals surface area contributed by atoms with E-state index in [9.17, 15) is 4.79 Å². The molecule has 0 spiro atoms. The number of carbonyl (C=O) groups excluding carboxylic acids is 1. The Kier molecular flexibility index (Phi) is 6.73. The van der Waals surface area contributed by atoms with Gasteiger partial charge in [-0.05, 0) is 57.5 Å². The second-order valence-electron chi connectivity index (χ2n) is 7.00. The molecule has 6 nitrogen and oxygen atoms in total. The van der Waals surface area contributed by atoms with Crippen LogP contribution in [0, 0.1) is 5.92 Å². The molecule has 0 aliphatic carbocycles. The summed E-state index contributed by atoms with van der Waals surface area (Å²) < 4.78 is 5.37. The number of halogens is 2. The van der Waals surface area contributed by atoms with Crippen molar-refractivity contribution in [1.82, 2.24) is 20.4 Å². The molecule has 0 saturated carbocycles. The maximum Gasteiger partial charge on any atom is 0.241 e. The fourth-order valence-corrected chi connectivity index (χ4v) is 3.60. The Labute approximate surface area is 169 Å². The van der Waals surface area contributed by atoms with Crippen LogP contribution in [0.15, 0.2) is 22.7 Å². The lowest BCUT2D eigenvalue weighted by molar-refractivity contribution is -0.127. The van der Waals surface area contributed by atoms with Crippen LogP contribution in [0.5, 0.6) is 0 Å². The number of carbonyl (C=O) groups is 1. The van der Waals surface area contributed by atoms with Gasteiger partial charge in [-0.25, -0.2) is 0 Å². The molecule has 1 aromatic heterocycles. The van der Waals surface area contributed by atoms with E-state index in [1.54, 1.807) is 18.2 Å². The van der Waals surface area contributed by atoms with Crippen LogP contribution in [-0.2, 0) is 11.3 Å². The molecule has 27 heavy (non-hydrogen) atoms. The predicted molar refractivity (Wildman–Crippen MR) is 106 cm³/mol. The third-order valence-electron chi connectivity index (χ3n) is 4.96. The van der Waals surface area contributed by atoms with Gasteiger partial charge in [-0.15, -0.1) is 0 Å².